The van der Waals surface area contributed by atoms with E-state index in [-0.39, 0.29) is 18.7 Å². The Kier molecular flexibility index (Phi) is 4.73. The van der Waals surface area contributed by atoms with Crippen molar-refractivity contribution in [3.8, 4) is 0 Å². The Bertz CT molecular complexity index is 571. The highest BCUT2D eigenvalue weighted by Crippen LogP contribution is 2.43. The molecule has 0 aliphatic carbocycles. The van der Waals surface area contributed by atoms with E-state index < -0.39 is 48.1 Å². The monoisotopic (exact) mass is 328 g/mol. The standard InChI is InChI=1S/C14H20N2O7/c1-5(17)9-8-3-7(4-23-6(2)10(15)13(19)20)11(14(21)22)16(8)12(9)18/h5-6,8-10,17H,3-4,15H2,1-2H3,(H,19,20)(H,21,22). The van der Waals surface area contributed by atoms with Gasteiger partial charge in [0.15, 0.2) is 0 Å². The van der Waals surface area contributed by atoms with Crippen molar-refractivity contribution in [3.05, 3.63) is 11.3 Å². The SMILES string of the molecule is CC(O)C1C(=O)N2C(C(=O)O)=C(COC(C)C(N)C(=O)O)CC12. The topological polar surface area (TPSA) is 150 Å². The fourth-order valence-electron chi connectivity index (χ4n) is 3.03. The number of carbonyl (C=O) groups excluding carboxylic acids is 1. The first-order valence-corrected chi connectivity index (χ1v) is 7.23. The number of hydrogen-bond donors (Lipinski definition) is 4. The van der Waals surface area contributed by atoms with Crippen LogP contribution in [0.15, 0.2) is 11.3 Å². The van der Waals surface area contributed by atoms with Crippen LogP contribution in [0.5, 0.6) is 0 Å². The lowest BCUT2D eigenvalue weighted by Gasteiger charge is -2.44. The molecule has 2 aliphatic heterocycles. The lowest BCUT2D eigenvalue weighted by molar-refractivity contribution is -0.161. The van der Waals surface area contributed by atoms with Crippen LogP contribution in [-0.2, 0) is 19.1 Å². The summed E-state index contributed by atoms with van der Waals surface area (Å²) in [5.74, 6) is -3.52. The predicted octanol–water partition coefficient (Wildman–Crippen LogP) is -1.25. The number of aliphatic hydroxyl groups is 1. The van der Waals surface area contributed by atoms with Crippen molar-refractivity contribution in [2.24, 2.45) is 11.7 Å². The molecule has 1 saturated heterocycles. The lowest BCUT2D eigenvalue weighted by atomic mass is 9.83. The molecule has 9 nitrogen and oxygen atoms in total. The third-order valence-electron chi connectivity index (χ3n) is 4.33. The van der Waals surface area contributed by atoms with Crippen LogP contribution in [0.25, 0.3) is 0 Å². The maximum absolute atomic E-state index is 12.0. The van der Waals surface area contributed by atoms with Gasteiger partial charge in [0.1, 0.15) is 11.7 Å². The third kappa shape index (κ3) is 2.94. The zero-order valence-corrected chi connectivity index (χ0v) is 12.8. The van der Waals surface area contributed by atoms with Gasteiger partial charge in [-0.05, 0) is 25.8 Å². The zero-order chi connectivity index (χ0) is 17.5. The first-order chi connectivity index (χ1) is 10.7. The molecule has 0 aromatic rings. The normalized spacial score (nSPS) is 27.3. The van der Waals surface area contributed by atoms with Crippen LogP contribution in [0, 0.1) is 5.92 Å². The summed E-state index contributed by atoms with van der Waals surface area (Å²) in [6.07, 6.45) is -1.40. The number of nitrogens with two attached hydrogens (primary N) is 1. The van der Waals surface area contributed by atoms with Crippen LogP contribution in [-0.4, -0.2) is 69.0 Å². The number of aliphatic carboxylic acids is 2. The second kappa shape index (κ2) is 6.26. The summed E-state index contributed by atoms with van der Waals surface area (Å²) in [6, 6.07) is -1.62. The molecule has 5 atom stereocenters. The number of carboxylic acids is 2. The molecule has 2 heterocycles. The van der Waals surface area contributed by atoms with Crippen LogP contribution in [0.2, 0.25) is 0 Å². The van der Waals surface area contributed by atoms with Crippen molar-refractivity contribution in [3.63, 3.8) is 0 Å². The van der Waals surface area contributed by atoms with Crippen molar-refractivity contribution >= 4 is 17.8 Å². The Morgan fingerprint density at radius 2 is 2.00 bits per heavy atom. The van der Waals surface area contributed by atoms with E-state index in [1.807, 2.05) is 0 Å². The van der Waals surface area contributed by atoms with E-state index >= 15 is 0 Å². The number of carbonyl (C=O) groups is 3. The number of amides is 1. The van der Waals surface area contributed by atoms with E-state index in [1.165, 1.54) is 18.7 Å². The maximum atomic E-state index is 12.0. The van der Waals surface area contributed by atoms with Crippen molar-refractivity contribution in [2.75, 3.05) is 6.61 Å². The van der Waals surface area contributed by atoms with E-state index in [4.69, 9.17) is 15.6 Å². The highest BCUT2D eigenvalue weighted by molar-refractivity contribution is 5.99. The highest BCUT2D eigenvalue weighted by Gasteiger charge is 2.56. The van der Waals surface area contributed by atoms with Gasteiger partial charge in [-0.2, -0.15) is 0 Å². The number of aliphatic hydroxyl groups excluding tert-OH is 1. The Balaban J connectivity index is 2.11. The Hall–Kier alpha value is -1.97. The molecule has 0 radical (unpaired) electrons. The molecule has 2 aliphatic rings. The molecule has 1 fully saturated rings. The van der Waals surface area contributed by atoms with Crippen LogP contribution in [0.3, 0.4) is 0 Å². The van der Waals surface area contributed by atoms with E-state index in [9.17, 15) is 24.6 Å². The number of nitrogens with zero attached hydrogens (tertiary/aromatic N) is 1. The molecule has 0 aromatic carbocycles. The maximum Gasteiger partial charge on any atom is 0.352 e. The van der Waals surface area contributed by atoms with E-state index in [0.29, 0.717) is 5.57 Å². The molecule has 1 amide bonds. The average Bonchev–Trinajstić information content (AvgIpc) is 2.77. The largest absolute Gasteiger partial charge is 0.480 e. The summed E-state index contributed by atoms with van der Waals surface area (Å²) in [5, 5.41) is 27.8. The minimum Gasteiger partial charge on any atom is -0.480 e. The van der Waals surface area contributed by atoms with E-state index in [2.05, 4.69) is 0 Å². The molecule has 0 saturated carbocycles. The quantitative estimate of drug-likeness (QED) is 0.423. The van der Waals surface area contributed by atoms with Gasteiger partial charge in [-0.15, -0.1) is 0 Å². The van der Waals surface area contributed by atoms with Gasteiger partial charge < -0.3 is 30.7 Å². The summed E-state index contributed by atoms with van der Waals surface area (Å²) in [5.41, 5.74) is 5.68. The Morgan fingerprint density at radius 1 is 1.39 bits per heavy atom. The van der Waals surface area contributed by atoms with Crippen molar-refractivity contribution in [1.29, 1.82) is 0 Å². The molecule has 2 rings (SSSR count). The number of ether oxygens (including phenoxy) is 1. The first-order valence-electron chi connectivity index (χ1n) is 7.23. The van der Waals surface area contributed by atoms with Crippen molar-refractivity contribution in [2.45, 2.75) is 44.6 Å². The van der Waals surface area contributed by atoms with Gasteiger partial charge in [-0.3, -0.25) is 9.59 Å². The average molecular weight is 328 g/mol. The highest BCUT2D eigenvalue weighted by atomic mass is 16.5. The summed E-state index contributed by atoms with van der Waals surface area (Å²) in [7, 11) is 0. The molecule has 5 N–H and O–H groups in total. The predicted molar refractivity (Wildman–Crippen MR) is 76.1 cm³/mol. The number of β-lactam (4-membered cyclic amide) rings is 1. The van der Waals surface area contributed by atoms with Crippen molar-refractivity contribution in [1.82, 2.24) is 4.90 Å². The summed E-state index contributed by atoms with van der Waals surface area (Å²) >= 11 is 0. The lowest BCUT2D eigenvalue weighted by Crippen LogP contribution is -2.61. The fraction of sp³-hybridized carbons (Fsp3) is 0.643. The summed E-state index contributed by atoms with van der Waals surface area (Å²) in [6.45, 7) is 2.84. The first kappa shape index (κ1) is 17.4. The van der Waals surface area contributed by atoms with Gasteiger partial charge in [0.2, 0.25) is 5.91 Å². The van der Waals surface area contributed by atoms with Crippen LogP contribution in [0.4, 0.5) is 0 Å². The molecule has 0 aromatic heterocycles. The van der Waals surface area contributed by atoms with E-state index in [1.54, 1.807) is 0 Å². The minimum absolute atomic E-state index is 0.128. The number of hydrogen-bond acceptors (Lipinski definition) is 6. The van der Waals surface area contributed by atoms with Gasteiger partial charge in [-0.25, -0.2) is 4.79 Å². The van der Waals surface area contributed by atoms with Gasteiger partial charge in [0.25, 0.3) is 0 Å². The molecule has 0 spiro atoms. The zero-order valence-electron chi connectivity index (χ0n) is 12.8. The van der Waals surface area contributed by atoms with Gasteiger partial charge in [0, 0.05) is 0 Å². The molecule has 0 bridgehead atoms. The smallest absolute Gasteiger partial charge is 0.352 e. The van der Waals surface area contributed by atoms with Crippen LogP contribution >= 0.6 is 0 Å². The van der Waals surface area contributed by atoms with Gasteiger partial charge in [0.05, 0.1) is 30.8 Å². The molecule has 23 heavy (non-hydrogen) atoms. The van der Waals surface area contributed by atoms with Crippen molar-refractivity contribution < 1.29 is 34.4 Å². The van der Waals surface area contributed by atoms with Crippen LogP contribution < -0.4 is 5.73 Å². The molecule has 9 heteroatoms. The Labute approximate surface area is 132 Å². The third-order valence-corrected chi connectivity index (χ3v) is 4.33. The summed E-state index contributed by atoms with van der Waals surface area (Å²) < 4.78 is 5.36. The van der Waals surface area contributed by atoms with Crippen LogP contribution in [0.1, 0.15) is 20.3 Å². The molecule has 128 valence electrons. The second-order valence-corrected chi connectivity index (χ2v) is 5.88. The fourth-order valence-corrected chi connectivity index (χ4v) is 3.03. The molecular formula is C14H20N2O7. The van der Waals surface area contributed by atoms with E-state index in [0.717, 1.165) is 0 Å². The minimum atomic E-state index is -1.25. The molecular weight excluding hydrogens is 308 g/mol. The number of carboxylic acid groups (broad SMARTS) is 2. The Morgan fingerprint density at radius 3 is 2.48 bits per heavy atom. The molecule has 5 unspecified atom stereocenters. The number of rotatable bonds is 7. The number of fused-ring (bicyclic) bond motifs is 1. The second-order valence-electron chi connectivity index (χ2n) is 5.88. The summed E-state index contributed by atoms with van der Waals surface area (Å²) in [4.78, 5) is 35.4. The van der Waals surface area contributed by atoms with Gasteiger partial charge >= 0.3 is 11.9 Å². The van der Waals surface area contributed by atoms with Gasteiger partial charge in [-0.1, -0.05) is 0 Å².